The molecule has 0 aliphatic heterocycles. The second-order valence-corrected chi connectivity index (χ2v) is 7.91. The van der Waals surface area contributed by atoms with E-state index in [-0.39, 0.29) is 0 Å². The standard InChI is InChI=1S/C21H24N4OS/c1-26-17-9-5-8-16(12-17)23-20-18-10-11-22-13-19(18)24-21(25-20)27-14-15-6-3-2-4-7-15/h5,8-13,15H,2-4,6-7,14H2,1H3,(H,23,24,25). The van der Waals surface area contributed by atoms with E-state index in [0.717, 1.165) is 45.0 Å². The molecule has 0 atom stereocenters. The van der Waals surface area contributed by atoms with Gasteiger partial charge in [0.25, 0.3) is 0 Å². The van der Waals surface area contributed by atoms with Gasteiger partial charge in [0.1, 0.15) is 11.6 Å². The average Bonchev–Trinajstić information content (AvgIpc) is 2.73. The average molecular weight is 381 g/mol. The van der Waals surface area contributed by atoms with Crippen molar-refractivity contribution in [3.05, 3.63) is 42.7 Å². The topological polar surface area (TPSA) is 59.9 Å². The summed E-state index contributed by atoms with van der Waals surface area (Å²) in [4.78, 5) is 13.8. The summed E-state index contributed by atoms with van der Waals surface area (Å²) < 4.78 is 5.32. The second kappa shape index (κ2) is 8.57. The number of thioether (sulfide) groups is 1. The van der Waals surface area contributed by atoms with E-state index in [1.165, 1.54) is 32.1 Å². The number of hydrogen-bond acceptors (Lipinski definition) is 6. The predicted octanol–water partition coefficient (Wildman–Crippen LogP) is 5.45. The summed E-state index contributed by atoms with van der Waals surface area (Å²) in [6, 6.07) is 9.81. The molecule has 2 heterocycles. The van der Waals surface area contributed by atoms with E-state index in [4.69, 9.17) is 14.7 Å². The third kappa shape index (κ3) is 4.50. The van der Waals surface area contributed by atoms with E-state index >= 15 is 0 Å². The number of benzene rings is 1. The van der Waals surface area contributed by atoms with Gasteiger partial charge in [0.2, 0.25) is 0 Å². The highest BCUT2D eigenvalue weighted by Crippen LogP contribution is 2.31. The van der Waals surface area contributed by atoms with Gasteiger partial charge in [-0.3, -0.25) is 4.98 Å². The summed E-state index contributed by atoms with van der Waals surface area (Å²) in [6.45, 7) is 0. The fourth-order valence-electron chi connectivity index (χ4n) is 3.50. The number of hydrogen-bond donors (Lipinski definition) is 1. The molecule has 1 N–H and O–H groups in total. The van der Waals surface area contributed by atoms with Crippen LogP contribution in [0.2, 0.25) is 0 Å². The molecule has 6 heteroatoms. The Labute approximate surface area is 164 Å². The van der Waals surface area contributed by atoms with Gasteiger partial charge in [0.15, 0.2) is 5.16 Å². The van der Waals surface area contributed by atoms with Crippen molar-refractivity contribution in [2.75, 3.05) is 18.2 Å². The van der Waals surface area contributed by atoms with E-state index in [1.807, 2.05) is 30.3 Å². The number of ether oxygens (including phenoxy) is 1. The molecule has 0 spiro atoms. The summed E-state index contributed by atoms with van der Waals surface area (Å²) >= 11 is 1.76. The molecular weight excluding hydrogens is 356 g/mol. The zero-order chi connectivity index (χ0) is 18.5. The highest BCUT2D eigenvalue weighted by Gasteiger charge is 2.15. The predicted molar refractivity (Wildman–Crippen MR) is 111 cm³/mol. The van der Waals surface area contributed by atoms with Gasteiger partial charge in [-0.2, -0.15) is 0 Å². The van der Waals surface area contributed by atoms with Crippen LogP contribution < -0.4 is 10.1 Å². The molecule has 1 aliphatic carbocycles. The van der Waals surface area contributed by atoms with E-state index in [1.54, 1.807) is 31.3 Å². The minimum absolute atomic E-state index is 0.784. The summed E-state index contributed by atoms with van der Waals surface area (Å²) in [5.41, 5.74) is 1.80. The molecule has 0 unspecified atom stereocenters. The quantitative estimate of drug-likeness (QED) is 0.453. The van der Waals surface area contributed by atoms with Crippen LogP contribution in [0.25, 0.3) is 10.9 Å². The molecule has 1 aromatic carbocycles. The van der Waals surface area contributed by atoms with Gasteiger partial charge in [0, 0.05) is 29.1 Å². The Morgan fingerprint density at radius 3 is 2.89 bits per heavy atom. The summed E-state index contributed by atoms with van der Waals surface area (Å²) in [5.74, 6) is 3.49. The molecule has 5 nitrogen and oxygen atoms in total. The normalized spacial score (nSPS) is 15.0. The minimum atomic E-state index is 0.784. The van der Waals surface area contributed by atoms with Crippen LogP contribution in [-0.4, -0.2) is 27.8 Å². The van der Waals surface area contributed by atoms with E-state index in [0.29, 0.717) is 0 Å². The molecular formula is C21H24N4OS. The largest absolute Gasteiger partial charge is 0.497 e. The second-order valence-electron chi connectivity index (χ2n) is 6.92. The third-order valence-electron chi connectivity index (χ3n) is 4.98. The van der Waals surface area contributed by atoms with Gasteiger partial charge >= 0.3 is 0 Å². The molecule has 1 aliphatic rings. The Morgan fingerprint density at radius 2 is 2.04 bits per heavy atom. The Kier molecular flexibility index (Phi) is 5.72. The maximum absolute atomic E-state index is 5.32. The van der Waals surface area contributed by atoms with E-state index in [9.17, 15) is 0 Å². The molecule has 0 radical (unpaired) electrons. The van der Waals surface area contributed by atoms with Crippen molar-refractivity contribution < 1.29 is 4.74 Å². The van der Waals surface area contributed by atoms with Gasteiger partial charge in [-0.1, -0.05) is 37.1 Å². The maximum Gasteiger partial charge on any atom is 0.190 e. The summed E-state index contributed by atoms with van der Waals surface area (Å²) in [6.07, 6.45) is 10.3. The lowest BCUT2D eigenvalue weighted by Crippen LogP contribution is -2.09. The lowest BCUT2D eigenvalue weighted by Gasteiger charge is -2.20. The Balaban J connectivity index is 1.59. The van der Waals surface area contributed by atoms with Gasteiger partial charge < -0.3 is 10.1 Å². The van der Waals surface area contributed by atoms with Crippen LogP contribution in [0.5, 0.6) is 5.75 Å². The zero-order valence-electron chi connectivity index (χ0n) is 15.5. The van der Waals surface area contributed by atoms with E-state index in [2.05, 4.69) is 10.3 Å². The summed E-state index contributed by atoms with van der Waals surface area (Å²) in [5, 5.41) is 5.21. The molecule has 1 saturated carbocycles. The Bertz CT molecular complexity index is 912. The van der Waals surface area contributed by atoms with Gasteiger partial charge in [-0.05, 0) is 37.0 Å². The van der Waals surface area contributed by atoms with Crippen LogP contribution in [0, 0.1) is 5.92 Å². The SMILES string of the molecule is COc1cccc(Nc2nc(SCC3CCCCC3)nc3cnccc23)c1. The van der Waals surface area contributed by atoms with Gasteiger partial charge in [-0.25, -0.2) is 9.97 Å². The lowest BCUT2D eigenvalue weighted by atomic mass is 9.91. The number of fused-ring (bicyclic) bond motifs is 1. The molecule has 0 amide bonds. The van der Waals surface area contributed by atoms with Crippen molar-refractivity contribution >= 4 is 34.2 Å². The fraction of sp³-hybridized carbons (Fsp3) is 0.381. The molecule has 140 valence electrons. The molecule has 27 heavy (non-hydrogen) atoms. The molecule has 2 aromatic heterocycles. The van der Waals surface area contributed by atoms with Gasteiger partial charge in [0.05, 0.1) is 18.8 Å². The van der Waals surface area contributed by atoms with Crippen LogP contribution >= 0.6 is 11.8 Å². The Morgan fingerprint density at radius 1 is 1.15 bits per heavy atom. The number of nitrogens with one attached hydrogen (secondary N) is 1. The van der Waals surface area contributed by atoms with Crippen molar-refractivity contribution in [1.82, 2.24) is 15.0 Å². The fourth-order valence-corrected chi connectivity index (χ4v) is 4.54. The Hall–Kier alpha value is -2.34. The molecule has 4 rings (SSSR count). The lowest BCUT2D eigenvalue weighted by molar-refractivity contribution is 0.391. The van der Waals surface area contributed by atoms with Crippen molar-refractivity contribution in [3.63, 3.8) is 0 Å². The monoisotopic (exact) mass is 380 g/mol. The maximum atomic E-state index is 5.32. The van der Waals surface area contributed by atoms with Crippen LogP contribution in [-0.2, 0) is 0 Å². The first-order valence-corrected chi connectivity index (χ1v) is 10.5. The molecule has 1 fully saturated rings. The smallest absolute Gasteiger partial charge is 0.190 e. The zero-order valence-corrected chi connectivity index (χ0v) is 16.3. The number of pyridine rings is 1. The van der Waals surface area contributed by atoms with Crippen molar-refractivity contribution in [1.29, 1.82) is 0 Å². The highest BCUT2D eigenvalue weighted by molar-refractivity contribution is 7.99. The number of anilines is 2. The van der Waals surface area contributed by atoms with Crippen LogP contribution in [0.1, 0.15) is 32.1 Å². The molecule has 3 aromatic rings. The first-order chi connectivity index (χ1) is 13.3. The first-order valence-electron chi connectivity index (χ1n) is 9.47. The van der Waals surface area contributed by atoms with Crippen LogP contribution in [0.15, 0.2) is 47.9 Å². The summed E-state index contributed by atoms with van der Waals surface area (Å²) in [7, 11) is 1.67. The van der Waals surface area contributed by atoms with E-state index < -0.39 is 0 Å². The van der Waals surface area contributed by atoms with Gasteiger partial charge in [-0.15, -0.1) is 0 Å². The number of rotatable bonds is 6. The van der Waals surface area contributed by atoms with Crippen LogP contribution in [0.3, 0.4) is 0 Å². The van der Waals surface area contributed by atoms with Crippen molar-refractivity contribution in [2.24, 2.45) is 5.92 Å². The molecule has 0 saturated heterocycles. The highest BCUT2D eigenvalue weighted by atomic mass is 32.2. The van der Waals surface area contributed by atoms with Crippen molar-refractivity contribution in [2.45, 2.75) is 37.3 Å². The van der Waals surface area contributed by atoms with Crippen molar-refractivity contribution in [3.8, 4) is 5.75 Å². The number of nitrogens with zero attached hydrogens (tertiary/aromatic N) is 3. The number of methoxy groups -OCH3 is 1. The molecule has 0 bridgehead atoms. The van der Waals surface area contributed by atoms with Crippen LogP contribution in [0.4, 0.5) is 11.5 Å². The third-order valence-corrected chi connectivity index (χ3v) is 6.06. The first kappa shape index (κ1) is 18.0. The minimum Gasteiger partial charge on any atom is -0.497 e. The number of aromatic nitrogens is 3.